The summed E-state index contributed by atoms with van der Waals surface area (Å²) in [6, 6.07) is 0. The van der Waals surface area contributed by atoms with E-state index in [9.17, 15) is 0 Å². The fraction of sp³-hybridized carbons (Fsp3) is 0. The molecule has 0 N–H and O–H groups in total. The molecule has 0 bridgehead atoms. The molecule has 0 saturated carbocycles. The van der Waals surface area contributed by atoms with Gasteiger partial charge in [0, 0.05) is 6.47 Å². The molecular weight excluding hydrogens is 204 g/mol. The largest absolute Gasteiger partial charge is 2.00 e. The molecule has 0 aromatic carbocycles. The van der Waals surface area contributed by atoms with E-state index in [0.717, 1.165) is 0 Å². The minimum atomic E-state index is -0.500. The summed E-state index contributed by atoms with van der Waals surface area (Å²) in [5.41, 5.74) is 0. The Balaban J connectivity index is -0.00000000333. The van der Waals surface area contributed by atoms with E-state index in [1.165, 1.54) is 0 Å². The molecule has 0 heterocycles. The van der Waals surface area contributed by atoms with Gasteiger partial charge in [-0.1, -0.05) is 0 Å². The zero-order valence-corrected chi connectivity index (χ0v) is 9.54. The van der Waals surface area contributed by atoms with Gasteiger partial charge in [0.1, 0.15) is 0 Å². The number of carboxylic acid groups (broad SMARTS) is 1. The molecule has 0 fully saturated rings. The minimum Gasteiger partial charge on any atom is -1.00 e. The van der Waals surface area contributed by atoms with Crippen LogP contribution < -0.4 is 34.7 Å². The average molecular weight is 207 g/mol. The number of carbonyl (C=O) groups excluding carboxylic acids is 1. The monoisotopic (exact) mass is 208 g/mol. The van der Waals surface area contributed by atoms with Gasteiger partial charge in [0.2, 0.25) is 0 Å². The Morgan fingerprint density at radius 1 is 1.80 bits per heavy atom. The van der Waals surface area contributed by atoms with Crippen molar-refractivity contribution in [3.05, 3.63) is 0 Å². The van der Waals surface area contributed by atoms with Gasteiger partial charge in [-0.15, -0.1) is 0 Å². The predicted molar refractivity (Wildman–Crippen MR) is 14.0 cm³/mol. The summed E-state index contributed by atoms with van der Waals surface area (Å²) in [7, 11) is 0. The summed E-state index contributed by atoms with van der Waals surface area (Å²) in [6.45, 7) is -0.500. The average Bonchev–Trinajstić information content (AvgIpc) is 0.918. The van der Waals surface area contributed by atoms with Crippen molar-refractivity contribution in [2.75, 3.05) is 0 Å². The van der Waals surface area contributed by atoms with Crippen molar-refractivity contribution in [2.45, 2.75) is 0 Å². The van der Waals surface area contributed by atoms with Crippen LogP contribution in [0.5, 0.6) is 0 Å². The molecule has 4 heteroatoms. The number of hydrogen-bond donors (Lipinski definition) is 0. The third kappa shape index (κ3) is 23.7. The summed E-state index contributed by atoms with van der Waals surface area (Å²) in [5, 5.41) is 8.25. The van der Waals surface area contributed by atoms with Crippen LogP contribution in [0.15, 0.2) is 0 Å². The third-order valence-electron chi connectivity index (χ3n) is 0. The third-order valence-corrected chi connectivity index (χ3v) is 0. The van der Waals surface area contributed by atoms with Crippen molar-refractivity contribution in [1.82, 2.24) is 0 Å². The molecule has 0 aliphatic rings. The molecule has 0 aromatic rings. The number of hydrogen-bond acceptors (Lipinski definition) is 2. The Morgan fingerprint density at radius 3 is 1.80 bits per heavy atom. The minimum absolute atomic E-state index is 0. The van der Waals surface area contributed by atoms with Gasteiger partial charge in [0.05, 0.1) is 0 Å². The van der Waals surface area contributed by atoms with Gasteiger partial charge in [-0.05, 0) is 0 Å². The Labute approximate surface area is 95.7 Å². The number of rotatable bonds is 0. The second-order valence-corrected chi connectivity index (χ2v) is 0.0962. The molecule has 0 atom stereocenters. The summed E-state index contributed by atoms with van der Waals surface area (Å²) >= 11 is 0. The fourth-order valence-electron chi connectivity index (χ4n) is 0. The zero-order chi connectivity index (χ0) is 2.71. The van der Waals surface area contributed by atoms with Crippen LogP contribution in [0.2, 0.25) is 0 Å². The Hall–Kier alpha value is 2.04. The topological polar surface area (TPSA) is 40.1 Å². The predicted octanol–water partition coefficient (Wildman–Crippen LogP) is -4.79. The molecule has 22 valence electrons. The van der Waals surface area contributed by atoms with Crippen molar-refractivity contribution in [1.29, 1.82) is 0 Å². The van der Waals surface area contributed by atoms with Gasteiger partial charge in [-0.2, -0.15) is 0 Å². The Kier molecular flexibility index (Phi) is 52.2. The first kappa shape index (κ1) is 15.7. The smallest absolute Gasteiger partial charge is 1.00 e. The molecule has 0 spiro atoms. The summed E-state index contributed by atoms with van der Waals surface area (Å²) in [5.74, 6) is 0. The van der Waals surface area contributed by atoms with Crippen LogP contribution in [0.4, 0.5) is 0 Å². The van der Waals surface area contributed by atoms with Crippen molar-refractivity contribution >= 4 is 55.4 Å². The van der Waals surface area contributed by atoms with E-state index in [1.54, 1.807) is 0 Å². The van der Waals surface area contributed by atoms with E-state index in [0.29, 0.717) is 0 Å². The Morgan fingerprint density at radius 2 is 1.80 bits per heavy atom. The van der Waals surface area contributed by atoms with Crippen LogP contribution >= 0.6 is 0 Å². The van der Waals surface area contributed by atoms with Crippen LogP contribution in [0.25, 0.3) is 0 Å². The van der Waals surface area contributed by atoms with Gasteiger partial charge < -0.3 is 12.8 Å². The molecule has 0 aliphatic carbocycles. The molecule has 0 aromatic heterocycles. The number of carbonyl (C=O) groups is 1. The van der Waals surface area contributed by atoms with E-state index in [2.05, 4.69) is 0 Å². The molecule has 2 nitrogen and oxygen atoms in total. The molecule has 0 rings (SSSR count). The first-order chi connectivity index (χ1) is 1.41. The molecule has 0 amide bonds. The van der Waals surface area contributed by atoms with Gasteiger partial charge >= 0.3 is 78.4 Å². The summed E-state index contributed by atoms with van der Waals surface area (Å²) < 4.78 is 0. The van der Waals surface area contributed by atoms with Crippen LogP contribution in [0.1, 0.15) is 2.85 Å². The SMILES string of the molecule is O=C[O-].[Ba+2].[H-].[H-].[Na+]. The maximum atomic E-state index is 8.25. The van der Waals surface area contributed by atoms with Crippen LogP contribution in [0, 0.1) is 0 Å². The summed E-state index contributed by atoms with van der Waals surface area (Å²) in [6.07, 6.45) is 0. The van der Waals surface area contributed by atoms with Crippen molar-refractivity contribution in [3.63, 3.8) is 0 Å². The normalized spacial score (nSPS) is 2.40. The second-order valence-electron chi connectivity index (χ2n) is 0.0962. The van der Waals surface area contributed by atoms with E-state index in [-0.39, 0.29) is 81.3 Å². The van der Waals surface area contributed by atoms with Crippen molar-refractivity contribution in [2.24, 2.45) is 0 Å². The van der Waals surface area contributed by atoms with E-state index >= 15 is 0 Å². The van der Waals surface area contributed by atoms with E-state index < -0.39 is 6.47 Å². The molecule has 0 radical (unpaired) electrons. The van der Waals surface area contributed by atoms with Crippen molar-refractivity contribution in [3.8, 4) is 0 Å². The first-order valence-electron chi connectivity index (χ1n) is 0.471. The van der Waals surface area contributed by atoms with Gasteiger partial charge in [-0.25, -0.2) is 0 Å². The van der Waals surface area contributed by atoms with Gasteiger partial charge in [0.15, 0.2) is 0 Å². The van der Waals surface area contributed by atoms with Crippen LogP contribution in [0.3, 0.4) is 0 Å². The van der Waals surface area contributed by atoms with Crippen LogP contribution in [-0.4, -0.2) is 55.4 Å². The standard InChI is InChI=1S/CH2O2.Ba.Na.2H/c2-1-3;;;;/h1H,(H,2,3);;;;/q;+2;+1;2*-1/p-1. The van der Waals surface area contributed by atoms with E-state index in [1.807, 2.05) is 0 Å². The molecule has 5 heavy (non-hydrogen) atoms. The first-order valence-corrected chi connectivity index (χ1v) is 0.471. The maximum Gasteiger partial charge on any atom is 2.00 e. The van der Waals surface area contributed by atoms with E-state index in [4.69, 9.17) is 9.90 Å². The molecule has 0 saturated heterocycles. The summed E-state index contributed by atoms with van der Waals surface area (Å²) in [4.78, 5) is 8.25. The fourth-order valence-corrected chi connectivity index (χ4v) is 0. The van der Waals surface area contributed by atoms with Gasteiger partial charge in [-0.3, -0.25) is 0 Å². The van der Waals surface area contributed by atoms with Crippen molar-refractivity contribution < 1.29 is 42.3 Å². The zero-order valence-electron chi connectivity index (χ0n) is 5.10. The quantitative estimate of drug-likeness (QED) is 0.295. The molecular formula is CH3BaNaO2. The van der Waals surface area contributed by atoms with Gasteiger partial charge in [0.25, 0.3) is 0 Å². The molecule has 0 unspecified atom stereocenters. The molecule has 0 aliphatic heterocycles. The Bertz CT molecular complexity index is 23.2. The maximum absolute atomic E-state index is 8.25. The van der Waals surface area contributed by atoms with Crippen LogP contribution in [-0.2, 0) is 4.79 Å². The second kappa shape index (κ2) is 16.6.